The highest BCUT2D eigenvalue weighted by Crippen LogP contribution is 2.24. The zero-order chi connectivity index (χ0) is 16.4. The zero-order valence-electron chi connectivity index (χ0n) is 14.7. The van der Waals surface area contributed by atoms with Crippen LogP contribution in [0.2, 0.25) is 0 Å². The summed E-state index contributed by atoms with van der Waals surface area (Å²) in [6.45, 7) is 9.58. The highest BCUT2D eigenvalue weighted by molar-refractivity contribution is 5.85. The summed E-state index contributed by atoms with van der Waals surface area (Å²) in [5, 5.41) is 0. The first-order chi connectivity index (χ1) is 11.0. The van der Waals surface area contributed by atoms with E-state index >= 15 is 0 Å². The van der Waals surface area contributed by atoms with Gasteiger partial charge in [-0.15, -0.1) is 12.4 Å². The zero-order valence-corrected chi connectivity index (χ0v) is 15.5. The lowest BCUT2D eigenvalue weighted by Gasteiger charge is -2.19. The molecular formula is C19H25ClN4. The second kappa shape index (κ2) is 7.22. The third-order valence-corrected chi connectivity index (χ3v) is 4.10. The van der Waals surface area contributed by atoms with Gasteiger partial charge >= 0.3 is 0 Å². The smallest absolute Gasteiger partial charge is 0.108 e. The van der Waals surface area contributed by atoms with Crippen LogP contribution in [0.5, 0.6) is 0 Å². The van der Waals surface area contributed by atoms with Gasteiger partial charge in [0.15, 0.2) is 0 Å². The minimum absolute atomic E-state index is 0. The van der Waals surface area contributed by atoms with E-state index in [1.54, 1.807) is 0 Å². The van der Waals surface area contributed by atoms with E-state index in [0.29, 0.717) is 0 Å². The minimum atomic E-state index is 0. The third-order valence-electron chi connectivity index (χ3n) is 4.10. The van der Waals surface area contributed by atoms with Crippen LogP contribution < -0.4 is 0 Å². The second-order valence-electron chi connectivity index (χ2n) is 6.90. The summed E-state index contributed by atoms with van der Waals surface area (Å²) in [6, 6.07) is 8.65. The SMILES string of the molecule is CCc1nccn1Cc1cn(-c2cccc(C(C)(C)C)c2)cn1.Cl. The van der Waals surface area contributed by atoms with E-state index in [9.17, 15) is 0 Å². The lowest BCUT2D eigenvalue weighted by atomic mass is 9.87. The van der Waals surface area contributed by atoms with Crippen molar-refractivity contribution >= 4 is 12.4 Å². The van der Waals surface area contributed by atoms with Crippen molar-refractivity contribution in [3.8, 4) is 5.69 Å². The van der Waals surface area contributed by atoms with Gasteiger partial charge in [0.1, 0.15) is 5.82 Å². The molecular weight excluding hydrogens is 320 g/mol. The molecule has 5 heteroatoms. The number of halogens is 1. The highest BCUT2D eigenvalue weighted by atomic mass is 35.5. The van der Waals surface area contributed by atoms with Gasteiger partial charge in [-0.05, 0) is 23.1 Å². The van der Waals surface area contributed by atoms with Gasteiger partial charge in [0.2, 0.25) is 0 Å². The Kier molecular flexibility index (Phi) is 5.50. The number of imidazole rings is 2. The minimum Gasteiger partial charge on any atom is -0.329 e. The molecule has 0 saturated heterocycles. The third kappa shape index (κ3) is 3.88. The molecule has 0 N–H and O–H groups in total. The Morgan fingerprint density at radius 2 is 1.92 bits per heavy atom. The van der Waals surface area contributed by atoms with Crippen LogP contribution in [-0.4, -0.2) is 19.1 Å². The lowest BCUT2D eigenvalue weighted by Crippen LogP contribution is -2.11. The first kappa shape index (κ1) is 18.3. The first-order valence-electron chi connectivity index (χ1n) is 8.11. The molecule has 0 saturated carbocycles. The number of benzene rings is 1. The average molecular weight is 345 g/mol. The molecule has 3 aromatic rings. The molecule has 0 aliphatic heterocycles. The van der Waals surface area contributed by atoms with Crippen LogP contribution in [0.15, 0.2) is 49.2 Å². The van der Waals surface area contributed by atoms with Gasteiger partial charge in [-0.2, -0.15) is 0 Å². The van der Waals surface area contributed by atoms with Crippen molar-refractivity contribution in [3.63, 3.8) is 0 Å². The fraction of sp³-hybridized carbons (Fsp3) is 0.368. The van der Waals surface area contributed by atoms with Crippen molar-refractivity contribution in [3.05, 3.63) is 66.3 Å². The van der Waals surface area contributed by atoms with Crippen LogP contribution in [0.25, 0.3) is 5.69 Å². The number of rotatable bonds is 4. The molecule has 0 atom stereocenters. The van der Waals surface area contributed by atoms with Gasteiger partial charge in [-0.1, -0.05) is 39.8 Å². The average Bonchev–Trinajstić information content (AvgIpc) is 3.16. The lowest BCUT2D eigenvalue weighted by molar-refractivity contribution is 0.590. The van der Waals surface area contributed by atoms with Gasteiger partial charge in [0.25, 0.3) is 0 Å². The Hall–Kier alpha value is -2.07. The molecule has 0 aliphatic carbocycles. The van der Waals surface area contributed by atoms with Gasteiger partial charge in [-0.3, -0.25) is 0 Å². The van der Waals surface area contributed by atoms with Crippen molar-refractivity contribution in [1.82, 2.24) is 19.1 Å². The van der Waals surface area contributed by atoms with Crippen molar-refractivity contribution < 1.29 is 0 Å². The van der Waals surface area contributed by atoms with E-state index < -0.39 is 0 Å². The van der Waals surface area contributed by atoms with E-state index in [2.05, 4.69) is 77.3 Å². The number of nitrogens with zero attached hydrogens (tertiary/aromatic N) is 4. The number of aromatic nitrogens is 4. The van der Waals surface area contributed by atoms with Crippen molar-refractivity contribution in [1.29, 1.82) is 0 Å². The van der Waals surface area contributed by atoms with Crippen LogP contribution >= 0.6 is 12.4 Å². The topological polar surface area (TPSA) is 35.6 Å². The van der Waals surface area contributed by atoms with Crippen LogP contribution in [0.3, 0.4) is 0 Å². The summed E-state index contributed by atoms with van der Waals surface area (Å²) in [5.74, 6) is 1.09. The van der Waals surface area contributed by atoms with Gasteiger partial charge in [-0.25, -0.2) is 9.97 Å². The molecule has 3 rings (SSSR count). The van der Waals surface area contributed by atoms with Gasteiger partial charge < -0.3 is 9.13 Å². The maximum absolute atomic E-state index is 4.55. The Bertz CT molecular complexity index is 796. The van der Waals surface area contributed by atoms with E-state index in [1.165, 1.54) is 5.56 Å². The van der Waals surface area contributed by atoms with Crippen LogP contribution in [-0.2, 0) is 18.4 Å². The molecule has 0 radical (unpaired) electrons. The molecule has 0 bridgehead atoms. The highest BCUT2D eigenvalue weighted by Gasteiger charge is 2.14. The van der Waals surface area contributed by atoms with E-state index in [-0.39, 0.29) is 17.8 Å². The maximum atomic E-state index is 4.55. The molecule has 2 heterocycles. The molecule has 24 heavy (non-hydrogen) atoms. The molecule has 0 aliphatic rings. The fourth-order valence-electron chi connectivity index (χ4n) is 2.69. The molecule has 1 aromatic carbocycles. The predicted octanol–water partition coefficient (Wildman–Crippen LogP) is 4.40. The van der Waals surface area contributed by atoms with Crippen molar-refractivity contribution in [2.75, 3.05) is 0 Å². The van der Waals surface area contributed by atoms with E-state index in [4.69, 9.17) is 0 Å². The van der Waals surface area contributed by atoms with E-state index in [0.717, 1.165) is 30.2 Å². The number of hydrogen-bond acceptors (Lipinski definition) is 2. The van der Waals surface area contributed by atoms with Crippen LogP contribution in [0.4, 0.5) is 0 Å². The van der Waals surface area contributed by atoms with Crippen molar-refractivity contribution in [2.24, 2.45) is 0 Å². The normalized spacial score (nSPS) is 11.3. The standard InChI is InChI=1S/C19H24N4.ClH/c1-5-18-20-9-10-22(18)12-16-13-23(14-21-16)17-8-6-7-15(11-17)19(2,3)4;/h6-11,13-14H,5,12H2,1-4H3;1H. The summed E-state index contributed by atoms with van der Waals surface area (Å²) < 4.78 is 4.24. The molecule has 0 amide bonds. The summed E-state index contributed by atoms with van der Waals surface area (Å²) in [4.78, 5) is 8.91. The molecule has 0 spiro atoms. The number of hydrogen-bond donors (Lipinski definition) is 0. The molecule has 4 nitrogen and oxygen atoms in total. The Morgan fingerprint density at radius 1 is 1.12 bits per heavy atom. The Morgan fingerprint density at radius 3 is 2.62 bits per heavy atom. The van der Waals surface area contributed by atoms with Crippen molar-refractivity contribution in [2.45, 2.75) is 46.1 Å². The van der Waals surface area contributed by atoms with Gasteiger partial charge in [0, 0.05) is 30.7 Å². The molecule has 2 aromatic heterocycles. The summed E-state index contributed by atoms with van der Waals surface area (Å²) in [5.41, 5.74) is 3.66. The summed E-state index contributed by atoms with van der Waals surface area (Å²) in [7, 11) is 0. The second-order valence-corrected chi connectivity index (χ2v) is 6.90. The molecule has 128 valence electrons. The Labute approximate surface area is 150 Å². The number of aryl methyl sites for hydroxylation is 1. The summed E-state index contributed by atoms with van der Waals surface area (Å²) >= 11 is 0. The molecule has 0 unspecified atom stereocenters. The van der Waals surface area contributed by atoms with Crippen LogP contribution in [0.1, 0.15) is 44.8 Å². The van der Waals surface area contributed by atoms with E-state index in [1.807, 2.05) is 18.7 Å². The Balaban J connectivity index is 0.00000208. The maximum Gasteiger partial charge on any atom is 0.108 e. The predicted molar refractivity (Wildman–Crippen MR) is 100 cm³/mol. The largest absolute Gasteiger partial charge is 0.329 e. The fourth-order valence-corrected chi connectivity index (χ4v) is 2.69. The molecule has 0 fully saturated rings. The summed E-state index contributed by atoms with van der Waals surface area (Å²) in [6.07, 6.45) is 8.78. The first-order valence-corrected chi connectivity index (χ1v) is 8.11. The quantitative estimate of drug-likeness (QED) is 0.703. The van der Waals surface area contributed by atoms with Crippen LogP contribution in [0, 0.1) is 0 Å². The monoisotopic (exact) mass is 344 g/mol. The van der Waals surface area contributed by atoms with Gasteiger partial charge in [0.05, 0.1) is 18.6 Å².